The smallest absolute Gasteiger partial charge is 0.338 e. The van der Waals surface area contributed by atoms with E-state index in [0.29, 0.717) is 28.8 Å². The molecule has 1 aliphatic rings. The Morgan fingerprint density at radius 1 is 1.06 bits per heavy atom. The van der Waals surface area contributed by atoms with Crippen LogP contribution in [-0.2, 0) is 14.3 Å². The molecule has 1 amide bonds. The maximum Gasteiger partial charge on any atom is 0.338 e. The highest BCUT2D eigenvalue weighted by atomic mass is 32.2. The number of esters is 1. The number of hydrogen-bond acceptors (Lipinski definition) is 7. The number of thioether (sulfide) groups is 1. The van der Waals surface area contributed by atoms with Crippen LogP contribution in [0.1, 0.15) is 37.9 Å². The van der Waals surface area contributed by atoms with Crippen molar-refractivity contribution in [2.45, 2.75) is 33.7 Å². The summed E-state index contributed by atoms with van der Waals surface area (Å²) < 4.78 is 11.1. The van der Waals surface area contributed by atoms with Crippen molar-refractivity contribution < 1.29 is 19.1 Å². The molecule has 0 spiro atoms. The van der Waals surface area contributed by atoms with Gasteiger partial charge in [0.25, 0.3) is 0 Å². The first-order valence-electron chi connectivity index (χ1n) is 10.9. The van der Waals surface area contributed by atoms with Gasteiger partial charge in [-0.2, -0.15) is 0 Å². The number of anilines is 1. The van der Waals surface area contributed by atoms with Crippen LogP contribution in [0.4, 0.5) is 5.69 Å². The average molecular weight is 468 g/mol. The molecule has 0 fully saturated rings. The van der Waals surface area contributed by atoms with Crippen molar-refractivity contribution in [3.05, 3.63) is 70.9 Å². The lowest BCUT2D eigenvalue weighted by molar-refractivity contribution is -0.139. The molecule has 3 rings (SSSR count). The van der Waals surface area contributed by atoms with Crippen LogP contribution >= 0.6 is 11.8 Å². The standard InChI is InChI=1S/C25H29N3O4S/c1-5-31-20-14-10-8-12-18(20)23-22(24(30)32-6-2)17(4)26-25(28-23)33-15-21(29)27-19-13-9-7-11-16(19)3/h7-14,23H,5-6,15H2,1-4H3,(H,26,28)(H,27,29)/t23-/m1/s1. The molecule has 8 heteroatoms. The van der Waals surface area contributed by atoms with Crippen LogP contribution in [0.25, 0.3) is 0 Å². The Balaban J connectivity index is 1.83. The first-order chi connectivity index (χ1) is 15.9. The summed E-state index contributed by atoms with van der Waals surface area (Å²) in [6.45, 7) is 8.19. The lowest BCUT2D eigenvalue weighted by atomic mass is 9.96. The van der Waals surface area contributed by atoms with Crippen molar-refractivity contribution in [3.8, 4) is 5.75 Å². The van der Waals surface area contributed by atoms with Gasteiger partial charge in [0.05, 0.1) is 24.5 Å². The first-order valence-corrected chi connectivity index (χ1v) is 11.9. The molecule has 174 valence electrons. The minimum atomic E-state index is -0.602. The lowest BCUT2D eigenvalue weighted by Crippen LogP contribution is -2.31. The average Bonchev–Trinajstić information content (AvgIpc) is 2.79. The first kappa shape index (κ1) is 24.4. The summed E-state index contributed by atoms with van der Waals surface area (Å²) >= 11 is 1.28. The van der Waals surface area contributed by atoms with E-state index in [9.17, 15) is 9.59 Å². The summed E-state index contributed by atoms with van der Waals surface area (Å²) in [4.78, 5) is 30.1. The Morgan fingerprint density at radius 3 is 2.52 bits per heavy atom. The number of benzene rings is 2. The molecule has 0 radical (unpaired) electrons. The summed E-state index contributed by atoms with van der Waals surface area (Å²) in [5.41, 5.74) is 3.62. The van der Waals surface area contributed by atoms with E-state index in [1.54, 1.807) is 6.92 Å². The third-order valence-electron chi connectivity index (χ3n) is 4.99. The minimum Gasteiger partial charge on any atom is -0.494 e. The van der Waals surface area contributed by atoms with Crippen molar-refractivity contribution in [1.82, 2.24) is 5.32 Å². The van der Waals surface area contributed by atoms with Gasteiger partial charge in [0.2, 0.25) is 5.91 Å². The van der Waals surface area contributed by atoms with Gasteiger partial charge >= 0.3 is 5.97 Å². The topological polar surface area (TPSA) is 89.0 Å². The Morgan fingerprint density at radius 2 is 1.79 bits per heavy atom. The fraction of sp³-hybridized carbons (Fsp3) is 0.320. The molecule has 2 aromatic rings. The van der Waals surface area contributed by atoms with Crippen LogP contribution in [0, 0.1) is 6.92 Å². The number of aliphatic imine (C=N–C) groups is 1. The molecule has 2 N–H and O–H groups in total. The molecular formula is C25H29N3O4S. The van der Waals surface area contributed by atoms with E-state index >= 15 is 0 Å². The van der Waals surface area contributed by atoms with Crippen LogP contribution in [0.3, 0.4) is 0 Å². The summed E-state index contributed by atoms with van der Waals surface area (Å²) in [5, 5.41) is 6.64. The molecule has 7 nitrogen and oxygen atoms in total. The molecule has 0 saturated carbocycles. The van der Waals surface area contributed by atoms with E-state index in [4.69, 9.17) is 14.5 Å². The Kier molecular flexibility index (Phi) is 8.54. The molecule has 2 aromatic carbocycles. The SMILES string of the molecule is CCOC(=O)C1=C(C)NC(SCC(=O)Nc2ccccc2C)=N[C@@H]1c1ccccc1OCC. The summed E-state index contributed by atoms with van der Waals surface area (Å²) in [6.07, 6.45) is 0. The Bertz CT molecular complexity index is 1080. The third-order valence-corrected chi connectivity index (χ3v) is 5.87. The normalized spacial score (nSPS) is 15.4. The second-order valence-electron chi connectivity index (χ2n) is 7.34. The van der Waals surface area contributed by atoms with Crippen molar-refractivity contribution in [3.63, 3.8) is 0 Å². The van der Waals surface area contributed by atoms with Gasteiger partial charge in [-0.15, -0.1) is 0 Å². The Labute approximate surface area is 198 Å². The number of allylic oxidation sites excluding steroid dienone is 1. The van der Waals surface area contributed by atoms with Crippen LogP contribution < -0.4 is 15.4 Å². The molecule has 0 unspecified atom stereocenters. The number of amidine groups is 1. The van der Waals surface area contributed by atoms with E-state index in [1.165, 1.54) is 11.8 Å². The highest BCUT2D eigenvalue weighted by Gasteiger charge is 2.32. The van der Waals surface area contributed by atoms with Crippen LogP contribution in [-0.4, -0.2) is 36.0 Å². The summed E-state index contributed by atoms with van der Waals surface area (Å²) in [6, 6.07) is 14.5. The monoisotopic (exact) mass is 467 g/mol. The van der Waals surface area contributed by atoms with Gasteiger partial charge in [-0.1, -0.05) is 48.2 Å². The number of aryl methyl sites for hydroxylation is 1. The quantitative estimate of drug-likeness (QED) is 0.552. The number of amides is 1. The predicted octanol–water partition coefficient (Wildman–Crippen LogP) is 4.60. The molecular weight excluding hydrogens is 438 g/mol. The third kappa shape index (κ3) is 6.16. The zero-order valence-corrected chi connectivity index (χ0v) is 20.1. The fourth-order valence-electron chi connectivity index (χ4n) is 3.45. The molecule has 0 aliphatic carbocycles. The van der Waals surface area contributed by atoms with E-state index in [-0.39, 0.29) is 18.3 Å². The van der Waals surface area contributed by atoms with Crippen molar-refractivity contribution in [2.75, 3.05) is 24.3 Å². The van der Waals surface area contributed by atoms with Crippen molar-refractivity contribution in [1.29, 1.82) is 0 Å². The van der Waals surface area contributed by atoms with Gasteiger partial charge in [-0.25, -0.2) is 9.79 Å². The number of hydrogen-bond donors (Lipinski definition) is 2. The van der Waals surface area contributed by atoms with Crippen LogP contribution in [0.5, 0.6) is 5.75 Å². The number of nitrogens with zero attached hydrogens (tertiary/aromatic N) is 1. The minimum absolute atomic E-state index is 0.136. The fourth-order valence-corrected chi connectivity index (χ4v) is 4.19. The second-order valence-corrected chi connectivity index (χ2v) is 8.31. The summed E-state index contributed by atoms with van der Waals surface area (Å²) in [7, 11) is 0. The van der Waals surface area contributed by atoms with Gasteiger partial charge in [-0.3, -0.25) is 4.79 Å². The number of rotatable bonds is 8. The molecule has 0 aromatic heterocycles. The largest absolute Gasteiger partial charge is 0.494 e. The number of nitrogens with one attached hydrogen (secondary N) is 2. The molecule has 0 bridgehead atoms. The second kappa shape index (κ2) is 11.6. The van der Waals surface area contributed by atoms with Crippen molar-refractivity contribution in [2.24, 2.45) is 4.99 Å². The van der Waals surface area contributed by atoms with Crippen LogP contribution in [0.2, 0.25) is 0 Å². The van der Waals surface area contributed by atoms with E-state index < -0.39 is 12.0 Å². The van der Waals surface area contributed by atoms with Gasteiger partial charge in [-0.05, 0) is 45.4 Å². The maximum absolute atomic E-state index is 12.8. The predicted molar refractivity (Wildman–Crippen MR) is 133 cm³/mol. The van der Waals surface area contributed by atoms with E-state index in [1.807, 2.05) is 69.3 Å². The van der Waals surface area contributed by atoms with Gasteiger partial charge in [0, 0.05) is 16.9 Å². The molecule has 1 heterocycles. The van der Waals surface area contributed by atoms with Crippen molar-refractivity contribution >= 4 is 34.5 Å². The number of ether oxygens (including phenoxy) is 2. The zero-order chi connectivity index (χ0) is 23.8. The number of carbonyl (C=O) groups is 2. The lowest BCUT2D eigenvalue weighted by Gasteiger charge is -2.26. The molecule has 1 aliphatic heterocycles. The van der Waals surface area contributed by atoms with Gasteiger partial charge in [0.15, 0.2) is 5.17 Å². The maximum atomic E-state index is 12.8. The molecule has 0 saturated heterocycles. The molecule has 1 atom stereocenters. The highest BCUT2D eigenvalue weighted by Crippen LogP contribution is 2.37. The zero-order valence-electron chi connectivity index (χ0n) is 19.3. The number of para-hydroxylation sites is 2. The van der Waals surface area contributed by atoms with Gasteiger partial charge < -0.3 is 20.1 Å². The van der Waals surface area contributed by atoms with E-state index in [2.05, 4.69) is 10.6 Å². The van der Waals surface area contributed by atoms with E-state index in [0.717, 1.165) is 16.8 Å². The summed E-state index contributed by atoms with van der Waals surface area (Å²) in [5.74, 6) is 0.265. The number of carbonyl (C=O) groups excluding carboxylic acids is 2. The van der Waals surface area contributed by atoms with Gasteiger partial charge in [0.1, 0.15) is 11.8 Å². The molecule has 33 heavy (non-hydrogen) atoms. The Hall–Kier alpha value is -3.26. The highest BCUT2D eigenvalue weighted by molar-refractivity contribution is 8.14. The van der Waals surface area contributed by atoms with Crippen LogP contribution in [0.15, 0.2) is 64.8 Å².